The van der Waals surface area contributed by atoms with Crippen molar-refractivity contribution in [1.29, 1.82) is 0 Å². The van der Waals surface area contributed by atoms with Crippen molar-refractivity contribution in [1.82, 2.24) is 10.2 Å². The monoisotopic (exact) mass is 228 g/mol. The van der Waals surface area contributed by atoms with Gasteiger partial charge in [-0.1, -0.05) is 0 Å². The molecule has 5 nitrogen and oxygen atoms in total. The van der Waals surface area contributed by atoms with E-state index in [1.807, 2.05) is 0 Å². The molecule has 1 fully saturated rings. The van der Waals surface area contributed by atoms with Crippen LogP contribution in [0.5, 0.6) is 0 Å². The number of nitrogens with one attached hydrogen (secondary N) is 1. The van der Waals surface area contributed by atoms with Crippen molar-refractivity contribution in [2.75, 3.05) is 26.2 Å². The number of hydrogen-bond acceptors (Lipinski definition) is 3. The number of carbonyl (C=O) groups excluding carboxylic acids is 1. The predicted octanol–water partition coefficient (Wildman–Crippen LogP) is 0.453. The van der Waals surface area contributed by atoms with E-state index >= 15 is 0 Å². The first kappa shape index (κ1) is 13.0. The Bertz CT molecular complexity index is 237. The van der Waals surface area contributed by atoms with Crippen LogP contribution in [0.25, 0.3) is 0 Å². The minimum absolute atomic E-state index is 0.0413. The topological polar surface area (TPSA) is 69.6 Å². The van der Waals surface area contributed by atoms with Crippen molar-refractivity contribution in [2.45, 2.75) is 32.1 Å². The maximum Gasteiger partial charge on any atom is 0.303 e. The van der Waals surface area contributed by atoms with E-state index in [1.54, 1.807) is 0 Å². The zero-order valence-electron chi connectivity index (χ0n) is 9.57. The summed E-state index contributed by atoms with van der Waals surface area (Å²) in [6.45, 7) is 3.85. The summed E-state index contributed by atoms with van der Waals surface area (Å²) in [7, 11) is 0. The lowest BCUT2D eigenvalue weighted by Crippen LogP contribution is -2.33. The molecule has 0 spiro atoms. The molecule has 0 unspecified atom stereocenters. The molecule has 92 valence electrons. The lowest BCUT2D eigenvalue weighted by atomic mass is 10.2. The Morgan fingerprint density at radius 1 is 1.19 bits per heavy atom. The molecule has 0 aliphatic carbocycles. The molecule has 0 bridgehead atoms. The Labute approximate surface area is 95.8 Å². The third-order valence-corrected chi connectivity index (χ3v) is 2.74. The Kier molecular flexibility index (Phi) is 5.85. The number of amides is 1. The van der Waals surface area contributed by atoms with Crippen LogP contribution >= 0.6 is 0 Å². The Hall–Kier alpha value is -1.10. The Morgan fingerprint density at radius 2 is 1.88 bits per heavy atom. The highest BCUT2D eigenvalue weighted by Crippen LogP contribution is 2.05. The minimum Gasteiger partial charge on any atom is -0.481 e. The van der Waals surface area contributed by atoms with Crippen LogP contribution in [-0.2, 0) is 9.59 Å². The molecule has 0 aromatic rings. The normalized spacial score (nSPS) is 16.2. The van der Waals surface area contributed by atoms with Crippen LogP contribution in [0.4, 0.5) is 0 Å². The molecule has 1 aliphatic rings. The molecule has 0 aromatic carbocycles. The van der Waals surface area contributed by atoms with Gasteiger partial charge in [0.2, 0.25) is 5.91 Å². The molecule has 0 atom stereocenters. The van der Waals surface area contributed by atoms with Crippen molar-refractivity contribution in [3.05, 3.63) is 0 Å². The SMILES string of the molecule is O=C(O)CCCC(=O)NCCN1CCCC1. The second-order valence-corrected chi connectivity index (χ2v) is 4.15. The molecule has 0 saturated carbocycles. The smallest absolute Gasteiger partial charge is 0.303 e. The van der Waals surface area contributed by atoms with Crippen molar-refractivity contribution in [2.24, 2.45) is 0 Å². The molecule has 5 heteroatoms. The quantitative estimate of drug-likeness (QED) is 0.664. The summed E-state index contributed by atoms with van der Waals surface area (Å²) in [4.78, 5) is 23.8. The number of carboxylic acid groups (broad SMARTS) is 1. The number of aliphatic carboxylic acids is 1. The number of carbonyl (C=O) groups is 2. The second kappa shape index (κ2) is 7.22. The summed E-state index contributed by atoms with van der Waals surface area (Å²) < 4.78 is 0. The van der Waals surface area contributed by atoms with Crippen LogP contribution in [0, 0.1) is 0 Å². The Balaban J connectivity index is 1.95. The van der Waals surface area contributed by atoms with Gasteiger partial charge in [0.1, 0.15) is 0 Å². The third-order valence-electron chi connectivity index (χ3n) is 2.74. The van der Waals surface area contributed by atoms with Gasteiger partial charge >= 0.3 is 5.97 Å². The number of hydrogen-bond donors (Lipinski definition) is 2. The van der Waals surface area contributed by atoms with Gasteiger partial charge in [-0.2, -0.15) is 0 Å². The van der Waals surface area contributed by atoms with E-state index in [2.05, 4.69) is 10.2 Å². The van der Waals surface area contributed by atoms with E-state index in [1.165, 1.54) is 12.8 Å². The van der Waals surface area contributed by atoms with Crippen molar-refractivity contribution >= 4 is 11.9 Å². The zero-order chi connectivity index (χ0) is 11.8. The molecule has 1 rings (SSSR count). The molecule has 2 N–H and O–H groups in total. The zero-order valence-corrected chi connectivity index (χ0v) is 9.57. The standard InChI is InChI=1S/C11H20N2O3/c14-10(4-3-5-11(15)16)12-6-9-13-7-1-2-8-13/h1-9H2,(H,12,14)(H,15,16). The number of rotatable bonds is 7. The first-order chi connectivity index (χ1) is 7.68. The van der Waals surface area contributed by atoms with E-state index in [0.29, 0.717) is 19.4 Å². The summed E-state index contributed by atoms with van der Waals surface area (Å²) in [5.41, 5.74) is 0. The number of nitrogens with zero attached hydrogens (tertiary/aromatic N) is 1. The van der Waals surface area contributed by atoms with Crippen LogP contribution < -0.4 is 5.32 Å². The van der Waals surface area contributed by atoms with E-state index in [0.717, 1.165) is 19.6 Å². The highest BCUT2D eigenvalue weighted by atomic mass is 16.4. The van der Waals surface area contributed by atoms with Crippen molar-refractivity contribution in [3.63, 3.8) is 0 Å². The summed E-state index contributed by atoms with van der Waals surface area (Å²) in [5, 5.41) is 11.2. The lowest BCUT2D eigenvalue weighted by Gasteiger charge is -2.14. The fourth-order valence-corrected chi connectivity index (χ4v) is 1.85. The van der Waals surface area contributed by atoms with Crippen LogP contribution in [0.15, 0.2) is 0 Å². The largest absolute Gasteiger partial charge is 0.481 e. The first-order valence-corrected chi connectivity index (χ1v) is 5.89. The minimum atomic E-state index is -0.843. The molecule has 0 radical (unpaired) electrons. The fourth-order valence-electron chi connectivity index (χ4n) is 1.85. The predicted molar refractivity (Wildman–Crippen MR) is 60.2 cm³/mol. The van der Waals surface area contributed by atoms with Gasteiger partial charge in [-0.05, 0) is 32.4 Å². The van der Waals surface area contributed by atoms with Crippen LogP contribution in [0.2, 0.25) is 0 Å². The molecule has 1 heterocycles. The van der Waals surface area contributed by atoms with Crippen LogP contribution in [0.3, 0.4) is 0 Å². The van der Waals surface area contributed by atoms with Crippen LogP contribution in [0.1, 0.15) is 32.1 Å². The average Bonchev–Trinajstić information content (AvgIpc) is 2.70. The van der Waals surface area contributed by atoms with E-state index in [-0.39, 0.29) is 12.3 Å². The maximum atomic E-state index is 11.3. The highest BCUT2D eigenvalue weighted by molar-refractivity contribution is 5.76. The molecule has 1 amide bonds. The molecule has 16 heavy (non-hydrogen) atoms. The van der Waals surface area contributed by atoms with Gasteiger partial charge in [0.05, 0.1) is 0 Å². The van der Waals surface area contributed by atoms with Gasteiger partial charge < -0.3 is 15.3 Å². The molecule has 0 aromatic heterocycles. The number of carboxylic acids is 1. The summed E-state index contributed by atoms with van der Waals surface area (Å²) in [5.74, 6) is -0.884. The van der Waals surface area contributed by atoms with Crippen molar-refractivity contribution in [3.8, 4) is 0 Å². The third kappa shape index (κ3) is 5.70. The number of likely N-dealkylation sites (tertiary alicyclic amines) is 1. The highest BCUT2D eigenvalue weighted by Gasteiger charge is 2.11. The summed E-state index contributed by atoms with van der Waals surface area (Å²) in [6, 6.07) is 0. The molecular formula is C11H20N2O3. The van der Waals surface area contributed by atoms with E-state index in [9.17, 15) is 9.59 Å². The summed E-state index contributed by atoms with van der Waals surface area (Å²) >= 11 is 0. The first-order valence-electron chi connectivity index (χ1n) is 5.89. The molecular weight excluding hydrogens is 208 g/mol. The Morgan fingerprint density at radius 3 is 2.50 bits per heavy atom. The summed E-state index contributed by atoms with van der Waals surface area (Å²) in [6.07, 6.45) is 3.32. The second-order valence-electron chi connectivity index (χ2n) is 4.15. The van der Waals surface area contributed by atoms with E-state index < -0.39 is 5.97 Å². The van der Waals surface area contributed by atoms with Gasteiger partial charge in [-0.15, -0.1) is 0 Å². The van der Waals surface area contributed by atoms with Gasteiger partial charge in [0.25, 0.3) is 0 Å². The van der Waals surface area contributed by atoms with Crippen molar-refractivity contribution < 1.29 is 14.7 Å². The maximum absolute atomic E-state index is 11.3. The fraction of sp³-hybridized carbons (Fsp3) is 0.818. The molecule has 1 saturated heterocycles. The van der Waals surface area contributed by atoms with Gasteiger partial charge in [0.15, 0.2) is 0 Å². The average molecular weight is 228 g/mol. The van der Waals surface area contributed by atoms with Crippen LogP contribution in [-0.4, -0.2) is 48.1 Å². The lowest BCUT2D eigenvalue weighted by molar-refractivity contribution is -0.137. The van der Waals surface area contributed by atoms with Gasteiger partial charge in [-0.3, -0.25) is 9.59 Å². The van der Waals surface area contributed by atoms with Gasteiger partial charge in [-0.25, -0.2) is 0 Å². The molecule has 1 aliphatic heterocycles. The van der Waals surface area contributed by atoms with Gasteiger partial charge in [0, 0.05) is 25.9 Å². The van der Waals surface area contributed by atoms with E-state index in [4.69, 9.17) is 5.11 Å².